The van der Waals surface area contributed by atoms with Gasteiger partial charge in [-0.3, -0.25) is 9.10 Å². The first-order chi connectivity index (χ1) is 11.3. The van der Waals surface area contributed by atoms with Gasteiger partial charge in [0.15, 0.2) is 5.78 Å². The number of methoxy groups -OCH3 is 1. The fraction of sp³-hybridized carbons (Fsp3) is 0.188. The van der Waals surface area contributed by atoms with Crippen LogP contribution in [0.15, 0.2) is 41.3 Å². The van der Waals surface area contributed by atoms with Gasteiger partial charge in [0.05, 0.1) is 12.8 Å². The Kier molecular flexibility index (Phi) is 4.46. The molecule has 0 amide bonds. The Morgan fingerprint density at radius 3 is 2.46 bits per heavy atom. The maximum absolute atomic E-state index is 13.1. The number of benzene rings is 2. The minimum absolute atomic E-state index is 0.0471. The average molecular weight is 386 g/mol. The van der Waals surface area contributed by atoms with Crippen LogP contribution < -0.4 is 9.04 Å². The number of fused-ring (bicyclic) bond motifs is 1. The molecule has 3 rings (SSSR count). The number of Topliss-reactive ketones (excluding diaryl/α,β-unsaturated/α-hetero) is 1. The zero-order chi connectivity index (χ0) is 17.5. The van der Waals surface area contributed by atoms with Crippen LogP contribution >= 0.6 is 23.2 Å². The minimum atomic E-state index is -3.95. The van der Waals surface area contributed by atoms with Gasteiger partial charge in [-0.15, -0.1) is 0 Å². The van der Waals surface area contributed by atoms with Crippen molar-refractivity contribution in [2.45, 2.75) is 11.3 Å². The van der Waals surface area contributed by atoms with Crippen LogP contribution in [0.1, 0.15) is 16.8 Å². The van der Waals surface area contributed by atoms with Crippen LogP contribution in [0.3, 0.4) is 0 Å². The number of hydrogen-bond donors (Lipinski definition) is 0. The Morgan fingerprint density at radius 2 is 1.75 bits per heavy atom. The maximum atomic E-state index is 13.1. The van der Waals surface area contributed by atoms with Gasteiger partial charge in [-0.25, -0.2) is 8.42 Å². The van der Waals surface area contributed by atoms with E-state index in [4.69, 9.17) is 27.9 Å². The van der Waals surface area contributed by atoms with Crippen molar-refractivity contribution < 1.29 is 17.9 Å². The van der Waals surface area contributed by atoms with Crippen LogP contribution in [0, 0.1) is 0 Å². The van der Waals surface area contributed by atoms with E-state index in [1.165, 1.54) is 35.7 Å². The van der Waals surface area contributed by atoms with E-state index in [1.54, 1.807) is 12.1 Å². The van der Waals surface area contributed by atoms with Crippen LogP contribution in [-0.4, -0.2) is 27.9 Å². The molecule has 0 fully saturated rings. The number of rotatable bonds is 3. The first-order valence-electron chi connectivity index (χ1n) is 7.03. The van der Waals surface area contributed by atoms with Gasteiger partial charge < -0.3 is 4.74 Å². The van der Waals surface area contributed by atoms with Crippen molar-refractivity contribution in [2.24, 2.45) is 0 Å². The fourth-order valence-electron chi connectivity index (χ4n) is 2.63. The van der Waals surface area contributed by atoms with Gasteiger partial charge in [0.2, 0.25) is 0 Å². The molecule has 0 saturated heterocycles. The van der Waals surface area contributed by atoms with Gasteiger partial charge in [0, 0.05) is 28.6 Å². The molecular formula is C16H13Cl2NO4S. The number of ketones is 1. The predicted octanol–water partition coefficient (Wildman–Crippen LogP) is 3.78. The molecule has 1 aliphatic heterocycles. The first kappa shape index (κ1) is 17.1. The van der Waals surface area contributed by atoms with Gasteiger partial charge in [0.1, 0.15) is 10.6 Å². The number of anilines is 1. The number of carbonyl (C=O) groups is 1. The molecule has 1 aliphatic rings. The van der Waals surface area contributed by atoms with Crippen LogP contribution in [0.25, 0.3) is 0 Å². The SMILES string of the molecule is COc1ccc(Cl)cc1S(=O)(=O)N1CCC(=O)c2cc(Cl)ccc21. The molecule has 5 nitrogen and oxygen atoms in total. The Balaban J connectivity index is 2.18. The lowest BCUT2D eigenvalue weighted by Crippen LogP contribution is -2.37. The number of halogens is 2. The molecule has 0 saturated carbocycles. The normalized spacial score (nSPS) is 14.5. The number of ether oxygens (including phenoxy) is 1. The van der Waals surface area contributed by atoms with E-state index in [9.17, 15) is 13.2 Å². The average Bonchev–Trinajstić information content (AvgIpc) is 2.55. The quantitative estimate of drug-likeness (QED) is 0.806. The van der Waals surface area contributed by atoms with Crippen molar-refractivity contribution in [3.8, 4) is 5.75 Å². The fourth-order valence-corrected chi connectivity index (χ4v) is 4.71. The Bertz CT molecular complexity index is 928. The minimum Gasteiger partial charge on any atom is -0.495 e. The second kappa shape index (κ2) is 6.27. The summed E-state index contributed by atoms with van der Waals surface area (Å²) < 4.78 is 32.6. The summed E-state index contributed by atoms with van der Waals surface area (Å²) in [5, 5.41) is 0.653. The molecule has 2 aromatic rings. The molecule has 24 heavy (non-hydrogen) atoms. The van der Waals surface area contributed by atoms with E-state index < -0.39 is 10.0 Å². The van der Waals surface area contributed by atoms with Gasteiger partial charge in [-0.1, -0.05) is 23.2 Å². The molecule has 0 aromatic heterocycles. The molecule has 8 heteroatoms. The second-order valence-electron chi connectivity index (χ2n) is 5.21. The monoisotopic (exact) mass is 385 g/mol. The van der Waals surface area contributed by atoms with Crippen molar-refractivity contribution in [1.29, 1.82) is 0 Å². The number of nitrogens with zero attached hydrogens (tertiary/aromatic N) is 1. The molecule has 0 N–H and O–H groups in total. The van der Waals surface area contributed by atoms with Crippen LogP contribution in [0.4, 0.5) is 5.69 Å². The van der Waals surface area contributed by atoms with Gasteiger partial charge in [-0.05, 0) is 36.4 Å². The summed E-state index contributed by atoms with van der Waals surface area (Å²) >= 11 is 11.9. The molecule has 1 heterocycles. The molecule has 0 atom stereocenters. The van der Waals surface area contributed by atoms with E-state index in [0.29, 0.717) is 16.3 Å². The predicted molar refractivity (Wildman–Crippen MR) is 92.9 cm³/mol. The zero-order valence-corrected chi connectivity index (χ0v) is 15.0. The lowest BCUT2D eigenvalue weighted by atomic mass is 10.0. The smallest absolute Gasteiger partial charge is 0.268 e. The van der Waals surface area contributed by atoms with Crippen molar-refractivity contribution >= 4 is 44.7 Å². The zero-order valence-electron chi connectivity index (χ0n) is 12.6. The standard InChI is InChI=1S/C16H13Cl2NO4S/c1-23-15-5-3-11(18)9-16(15)24(21,22)19-7-6-14(20)12-8-10(17)2-4-13(12)19/h2-5,8-9H,6-7H2,1H3. The third kappa shape index (κ3) is 2.85. The summed E-state index contributed by atoms with van der Waals surface area (Å²) in [6.07, 6.45) is 0.0788. The van der Waals surface area contributed by atoms with Gasteiger partial charge >= 0.3 is 0 Å². The summed E-state index contributed by atoms with van der Waals surface area (Å²) in [6.45, 7) is 0.0471. The first-order valence-corrected chi connectivity index (χ1v) is 9.23. The highest BCUT2D eigenvalue weighted by Gasteiger charge is 2.34. The molecular weight excluding hydrogens is 373 g/mol. The van der Waals surface area contributed by atoms with E-state index in [-0.39, 0.29) is 34.4 Å². The Labute approximate surface area is 149 Å². The van der Waals surface area contributed by atoms with Crippen molar-refractivity contribution in [1.82, 2.24) is 0 Å². The Morgan fingerprint density at radius 1 is 1.08 bits per heavy atom. The summed E-state index contributed by atoms with van der Waals surface area (Å²) in [4.78, 5) is 12.0. The van der Waals surface area contributed by atoms with Gasteiger partial charge in [-0.2, -0.15) is 0 Å². The highest BCUT2D eigenvalue weighted by atomic mass is 35.5. The highest BCUT2D eigenvalue weighted by Crippen LogP contribution is 2.36. The third-order valence-electron chi connectivity index (χ3n) is 3.76. The summed E-state index contributed by atoms with van der Waals surface area (Å²) in [6, 6.07) is 8.94. The van der Waals surface area contributed by atoms with Crippen molar-refractivity contribution in [3.63, 3.8) is 0 Å². The largest absolute Gasteiger partial charge is 0.495 e. The molecule has 0 unspecified atom stereocenters. The van der Waals surface area contributed by atoms with E-state index in [1.807, 2.05) is 0 Å². The van der Waals surface area contributed by atoms with Crippen molar-refractivity contribution in [2.75, 3.05) is 18.0 Å². The van der Waals surface area contributed by atoms with E-state index in [2.05, 4.69) is 0 Å². The summed E-state index contributed by atoms with van der Waals surface area (Å²) in [7, 11) is -2.56. The molecule has 0 aliphatic carbocycles. The summed E-state index contributed by atoms with van der Waals surface area (Å²) in [5.74, 6) is 0.0452. The second-order valence-corrected chi connectivity index (χ2v) is 7.91. The van der Waals surface area contributed by atoms with Crippen LogP contribution in [-0.2, 0) is 10.0 Å². The van der Waals surface area contributed by atoms with Crippen LogP contribution in [0.2, 0.25) is 10.0 Å². The lowest BCUT2D eigenvalue weighted by Gasteiger charge is -2.30. The third-order valence-corrected chi connectivity index (χ3v) is 6.07. The Hall–Kier alpha value is -1.76. The molecule has 0 bridgehead atoms. The van der Waals surface area contributed by atoms with Crippen LogP contribution in [0.5, 0.6) is 5.75 Å². The van der Waals surface area contributed by atoms with Crippen molar-refractivity contribution in [3.05, 3.63) is 52.0 Å². The lowest BCUT2D eigenvalue weighted by molar-refractivity contribution is 0.0982. The molecule has 0 spiro atoms. The number of hydrogen-bond acceptors (Lipinski definition) is 4. The molecule has 0 radical (unpaired) electrons. The molecule has 2 aromatic carbocycles. The number of carbonyl (C=O) groups excluding carboxylic acids is 1. The topological polar surface area (TPSA) is 63.7 Å². The number of sulfonamides is 1. The summed E-state index contributed by atoms with van der Waals surface area (Å²) in [5.41, 5.74) is 0.594. The maximum Gasteiger partial charge on any atom is 0.268 e. The van der Waals surface area contributed by atoms with E-state index in [0.717, 1.165) is 0 Å². The van der Waals surface area contributed by atoms with Gasteiger partial charge in [0.25, 0.3) is 10.0 Å². The highest BCUT2D eigenvalue weighted by molar-refractivity contribution is 7.93. The van der Waals surface area contributed by atoms with E-state index >= 15 is 0 Å². The molecule has 126 valence electrons.